The Hall–Kier alpha value is -1.61. The summed E-state index contributed by atoms with van der Waals surface area (Å²) >= 11 is 3.44. The Kier molecular flexibility index (Phi) is 4.38. The summed E-state index contributed by atoms with van der Waals surface area (Å²) in [4.78, 5) is 13.1. The van der Waals surface area contributed by atoms with Gasteiger partial charge in [-0.3, -0.25) is 4.79 Å². The van der Waals surface area contributed by atoms with Gasteiger partial charge in [-0.25, -0.2) is 0 Å². The Morgan fingerprint density at radius 3 is 2.53 bits per heavy atom. The van der Waals surface area contributed by atoms with Crippen LogP contribution in [0.3, 0.4) is 0 Å². The maximum atomic E-state index is 10.9. The van der Waals surface area contributed by atoms with Gasteiger partial charge in [0, 0.05) is 28.0 Å². The molecule has 98 valence electrons. The first kappa shape index (κ1) is 13.8. The fourth-order valence-electron chi connectivity index (χ4n) is 2.14. The Morgan fingerprint density at radius 1 is 1.21 bits per heavy atom. The molecule has 0 heterocycles. The Bertz CT molecular complexity index is 595. The molecule has 2 rings (SSSR count). The molecule has 0 amide bonds. The molecule has 0 atom stereocenters. The minimum atomic E-state index is 0.671. The van der Waals surface area contributed by atoms with Gasteiger partial charge in [0.2, 0.25) is 0 Å². The van der Waals surface area contributed by atoms with Gasteiger partial charge in [-0.15, -0.1) is 0 Å². The van der Waals surface area contributed by atoms with E-state index in [0.717, 1.165) is 23.0 Å². The van der Waals surface area contributed by atoms with Gasteiger partial charge in [0.25, 0.3) is 0 Å². The summed E-state index contributed by atoms with van der Waals surface area (Å²) < 4.78 is 0.826. The van der Waals surface area contributed by atoms with Crippen molar-refractivity contribution in [3.8, 4) is 0 Å². The van der Waals surface area contributed by atoms with Gasteiger partial charge >= 0.3 is 0 Å². The average molecular weight is 318 g/mol. The number of hydrogen-bond acceptors (Lipinski definition) is 2. The van der Waals surface area contributed by atoms with E-state index in [-0.39, 0.29) is 0 Å². The van der Waals surface area contributed by atoms with E-state index < -0.39 is 0 Å². The van der Waals surface area contributed by atoms with Crippen LogP contribution in [0.15, 0.2) is 46.9 Å². The van der Waals surface area contributed by atoms with Crippen molar-refractivity contribution in [2.75, 3.05) is 11.4 Å². The predicted molar refractivity (Wildman–Crippen MR) is 83.4 cm³/mol. The summed E-state index contributed by atoms with van der Waals surface area (Å²) in [5, 5.41) is 0. The average Bonchev–Trinajstić information content (AvgIpc) is 2.42. The van der Waals surface area contributed by atoms with Gasteiger partial charge in [0.1, 0.15) is 0 Å². The highest BCUT2D eigenvalue weighted by atomic mass is 79.9. The number of para-hydroxylation sites is 1. The highest BCUT2D eigenvalue weighted by molar-refractivity contribution is 9.10. The lowest BCUT2D eigenvalue weighted by molar-refractivity contribution is 0.112. The third-order valence-electron chi connectivity index (χ3n) is 3.15. The molecule has 0 aliphatic heterocycles. The second kappa shape index (κ2) is 6.02. The maximum Gasteiger partial charge on any atom is 0.151 e. The van der Waals surface area contributed by atoms with E-state index in [1.165, 1.54) is 11.3 Å². The normalized spacial score (nSPS) is 10.3. The first-order chi connectivity index (χ1) is 9.17. The van der Waals surface area contributed by atoms with E-state index in [1.54, 1.807) is 0 Å². The minimum absolute atomic E-state index is 0.671. The second-order valence-corrected chi connectivity index (χ2v) is 5.21. The Morgan fingerprint density at radius 2 is 1.95 bits per heavy atom. The lowest BCUT2D eigenvalue weighted by atomic mass is 10.1. The molecule has 0 radical (unpaired) electrons. The monoisotopic (exact) mass is 317 g/mol. The largest absolute Gasteiger partial charge is 0.342 e. The fourth-order valence-corrected chi connectivity index (χ4v) is 2.60. The minimum Gasteiger partial charge on any atom is -0.342 e. The number of hydrogen-bond donors (Lipinski definition) is 0. The number of carbonyl (C=O) groups is 1. The zero-order chi connectivity index (χ0) is 13.8. The molecule has 0 bridgehead atoms. The van der Waals surface area contributed by atoms with Crippen LogP contribution in [0, 0.1) is 6.92 Å². The molecule has 0 saturated carbocycles. The van der Waals surface area contributed by atoms with Crippen LogP contribution in [-0.2, 0) is 0 Å². The lowest BCUT2D eigenvalue weighted by Gasteiger charge is -2.25. The standard InChI is InChI=1S/C16H16BrNO/c1-3-18(16-7-5-4-6-12(16)2)14-9-8-13(11-19)15(17)10-14/h4-11H,3H2,1-2H3. The van der Waals surface area contributed by atoms with Crippen molar-refractivity contribution >= 4 is 33.6 Å². The molecule has 3 heteroatoms. The number of aryl methyl sites for hydroxylation is 1. The molecule has 0 spiro atoms. The molecule has 2 aromatic rings. The molecule has 0 aliphatic rings. The first-order valence-corrected chi connectivity index (χ1v) is 7.04. The maximum absolute atomic E-state index is 10.9. The summed E-state index contributed by atoms with van der Waals surface area (Å²) in [5.41, 5.74) is 4.18. The van der Waals surface area contributed by atoms with Crippen molar-refractivity contribution < 1.29 is 4.79 Å². The van der Waals surface area contributed by atoms with Crippen LogP contribution in [-0.4, -0.2) is 12.8 Å². The summed E-state index contributed by atoms with van der Waals surface area (Å²) in [7, 11) is 0. The van der Waals surface area contributed by atoms with Crippen molar-refractivity contribution in [2.24, 2.45) is 0 Å². The van der Waals surface area contributed by atoms with Crippen LogP contribution in [0.4, 0.5) is 11.4 Å². The summed E-state index contributed by atoms with van der Waals surface area (Å²) in [6, 6.07) is 14.1. The van der Waals surface area contributed by atoms with E-state index >= 15 is 0 Å². The van der Waals surface area contributed by atoms with E-state index in [2.05, 4.69) is 46.8 Å². The van der Waals surface area contributed by atoms with Crippen LogP contribution in [0.2, 0.25) is 0 Å². The number of nitrogens with zero attached hydrogens (tertiary/aromatic N) is 1. The van der Waals surface area contributed by atoms with E-state index in [0.29, 0.717) is 5.56 Å². The molecular weight excluding hydrogens is 302 g/mol. The topological polar surface area (TPSA) is 20.3 Å². The van der Waals surface area contributed by atoms with Gasteiger partial charge in [-0.1, -0.05) is 18.2 Å². The summed E-state index contributed by atoms with van der Waals surface area (Å²) in [5.74, 6) is 0. The van der Waals surface area contributed by atoms with Gasteiger partial charge in [-0.05, 0) is 59.6 Å². The number of halogens is 1. The predicted octanol–water partition coefficient (Wildman–Crippen LogP) is 4.73. The Labute approximate surface area is 122 Å². The third-order valence-corrected chi connectivity index (χ3v) is 3.83. The molecule has 0 saturated heterocycles. The molecule has 0 aromatic heterocycles. The lowest BCUT2D eigenvalue weighted by Crippen LogP contribution is -2.17. The summed E-state index contributed by atoms with van der Waals surface area (Å²) in [6.45, 7) is 5.10. The number of aldehydes is 1. The number of rotatable bonds is 4. The molecule has 0 unspecified atom stereocenters. The molecule has 2 nitrogen and oxygen atoms in total. The molecule has 2 aromatic carbocycles. The number of benzene rings is 2. The fraction of sp³-hybridized carbons (Fsp3) is 0.188. The van der Waals surface area contributed by atoms with E-state index in [9.17, 15) is 4.79 Å². The van der Waals surface area contributed by atoms with Gasteiger partial charge in [-0.2, -0.15) is 0 Å². The van der Waals surface area contributed by atoms with Crippen molar-refractivity contribution in [2.45, 2.75) is 13.8 Å². The SMILES string of the molecule is CCN(c1ccc(C=O)c(Br)c1)c1ccccc1C. The van der Waals surface area contributed by atoms with E-state index in [1.807, 2.05) is 30.3 Å². The number of carbonyl (C=O) groups excluding carboxylic acids is 1. The Balaban J connectivity index is 2.46. The van der Waals surface area contributed by atoms with Gasteiger partial charge in [0.05, 0.1) is 0 Å². The van der Waals surface area contributed by atoms with Crippen LogP contribution in [0.25, 0.3) is 0 Å². The molecule has 19 heavy (non-hydrogen) atoms. The zero-order valence-corrected chi connectivity index (χ0v) is 12.6. The summed E-state index contributed by atoms with van der Waals surface area (Å²) in [6.07, 6.45) is 0.859. The molecule has 0 aliphatic carbocycles. The highest BCUT2D eigenvalue weighted by Crippen LogP contribution is 2.30. The molecular formula is C16H16BrNO. The number of anilines is 2. The van der Waals surface area contributed by atoms with E-state index in [4.69, 9.17) is 0 Å². The van der Waals surface area contributed by atoms with Crippen LogP contribution < -0.4 is 4.90 Å². The van der Waals surface area contributed by atoms with Crippen LogP contribution in [0.1, 0.15) is 22.8 Å². The van der Waals surface area contributed by atoms with Gasteiger partial charge < -0.3 is 4.90 Å². The second-order valence-electron chi connectivity index (χ2n) is 4.35. The van der Waals surface area contributed by atoms with Crippen molar-refractivity contribution in [3.05, 3.63) is 58.1 Å². The van der Waals surface area contributed by atoms with Crippen molar-refractivity contribution in [3.63, 3.8) is 0 Å². The quantitative estimate of drug-likeness (QED) is 0.760. The van der Waals surface area contributed by atoms with Crippen molar-refractivity contribution in [1.29, 1.82) is 0 Å². The van der Waals surface area contributed by atoms with Crippen molar-refractivity contribution in [1.82, 2.24) is 0 Å². The third kappa shape index (κ3) is 2.87. The molecule has 0 fully saturated rings. The smallest absolute Gasteiger partial charge is 0.151 e. The van der Waals surface area contributed by atoms with Gasteiger partial charge in [0.15, 0.2) is 6.29 Å². The first-order valence-electron chi connectivity index (χ1n) is 6.25. The van der Waals surface area contributed by atoms with Crippen LogP contribution in [0.5, 0.6) is 0 Å². The zero-order valence-electron chi connectivity index (χ0n) is 11.1. The molecule has 0 N–H and O–H groups in total. The van der Waals surface area contributed by atoms with Crippen LogP contribution >= 0.6 is 15.9 Å². The highest BCUT2D eigenvalue weighted by Gasteiger charge is 2.10.